The Labute approximate surface area is 187 Å². The number of piperazine rings is 2. The molecule has 0 aromatic heterocycles. The summed E-state index contributed by atoms with van der Waals surface area (Å²) < 4.78 is 5.56. The molecular formula is C24H28N4O4. The van der Waals surface area contributed by atoms with E-state index in [4.69, 9.17) is 4.74 Å². The van der Waals surface area contributed by atoms with E-state index >= 15 is 0 Å². The molecule has 1 N–H and O–H groups in total. The summed E-state index contributed by atoms with van der Waals surface area (Å²) in [5, 5.41) is 2.77. The Kier molecular flexibility index (Phi) is 6.89. The summed E-state index contributed by atoms with van der Waals surface area (Å²) in [5.41, 5.74) is 1.14. The molecule has 32 heavy (non-hydrogen) atoms. The minimum absolute atomic E-state index is 0.0196. The SMILES string of the molecule is O=C1NCCN(C(=O)COc2ccccc2)[C@H]1CC(=O)N1CCN(c2ccccc2)CC1. The topological polar surface area (TPSA) is 82.2 Å². The number of hydrogen-bond donors (Lipinski definition) is 1. The second kappa shape index (κ2) is 10.2. The van der Waals surface area contributed by atoms with Crippen LogP contribution in [0.4, 0.5) is 5.69 Å². The van der Waals surface area contributed by atoms with Gasteiger partial charge in [0.25, 0.3) is 5.91 Å². The van der Waals surface area contributed by atoms with E-state index in [-0.39, 0.29) is 30.7 Å². The number of nitrogens with zero attached hydrogens (tertiary/aromatic N) is 3. The van der Waals surface area contributed by atoms with Crippen molar-refractivity contribution in [2.45, 2.75) is 12.5 Å². The van der Waals surface area contributed by atoms with Crippen LogP contribution in [0.2, 0.25) is 0 Å². The zero-order chi connectivity index (χ0) is 22.3. The molecule has 2 aliphatic heterocycles. The summed E-state index contributed by atoms with van der Waals surface area (Å²) in [7, 11) is 0. The van der Waals surface area contributed by atoms with Crippen LogP contribution in [0.25, 0.3) is 0 Å². The molecular weight excluding hydrogens is 408 g/mol. The van der Waals surface area contributed by atoms with Crippen LogP contribution in [0.5, 0.6) is 5.75 Å². The van der Waals surface area contributed by atoms with Gasteiger partial charge in [0.15, 0.2) is 6.61 Å². The molecule has 4 rings (SSSR count). The van der Waals surface area contributed by atoms with E-state index in [1.54, 1.807) is 17.0 Å². The lowest BCUT2D eigenvalue weighted by Crippen LogP contribution is -2.60. The second-order valence-corrected chi connectivity index (χ2v) is 7.90. The summed E-state index contributed by atoms with van der Waals surface area (Å²) in [6, 6.07) is 18.4. The summed E-state index contributed by atoms with van der Waals surface area (Å²) in [6.45, 7) is 3.22. The van der Waals surface area contributed by atoms with E-state index in [2.05, 4.69) is 22.3 Å². The molecule has 2 aliphatic rings. The van der Waals surface area contributed by atoms with Gasteiger partial charge < -0.3 is 24.8 Å². The Morgan fingerprint density at radius 1 is 0.875 bits per heavy atom. The fraction of sp³-hybridized carbons (Fsp3) is 0.375. The number of rotatable bonds is 6. The van der Waals surface area contributed by atoms with Crippen molar-refractivity contribution in [1.82, 2.24) is 15.1 Å². The molecule has 0 aliphatic carbocycles. The number of benzene rings is 2. The standard InChI is InChI=1S/C24H28N4O4/c29-22(27-15-13-26(14-16-27)19-7-3-1-4-8-19)17-21-24(31)25-11-12-28(21)23(30)18-32-20-9-5-2-6-10-20/h1-10,21H,11-18H2,(H,25,31)/t21-/m0/s1. The van der Waals surface area contributed by atoms with Gasteiger partial charge >= 0.3 is 0 Å². The van der Waals surface area contributed by atoms with E-state index in [1.807, 2.05) is 36.4 Å². The summed E-state index contributed by atoms with van der Waals surface area (Å²) in [5.74, 6) is -0.108. The van der Waals surface area contributed by atoms with Crippen molar-refractivity contribution < 1.29 is 19.1 Å². The van der Waals surface area contributed by atoms with Gasteiger partial charge in [-0.15, -0.1) is 0 Å². The van der Waals surface area contributed by atoms with Gasteiger partial charge in [0, 0.05) is 45.0 Å². The lowest BCUT2D eigenvalue weighted by molar-refractivity contribution is -0.148. The molecule has 2 aromatic rings. The lowest BCUT2D eigenvalue weighted by atomic mass is 10.1. The van der Waals surface area contributed by atoms with E-state index in [0.29, 0.717) is 31.9 Å². The number of carbonyl (C=O) groups is 3. The second-order valence-electron chi connectivity index (χ2n) is 7.90. The monoisotopic (exact) mass is 436 g/mol. The molecule has 1 atom stereocenters. The maximum absolute atomic E-state index is 13.0. The maximum Gasteiger partial charge on any atom is 0.261 e. The largest absolute Gasteiger partial charge is 0.484 e. The van der Waals surface area contributed by atoms with Crippen molar-refractivity contribution in [3.8, 4) is 5.75 Å². The molecule has 0 unspecified atom stereocenters. The first kappa shape index (κ1) is 21.7. The molecule has 2 heterocycles. The van der Waals surface area contributed by atoms with Gasteiger partial charge in [-0.25, -0.2) is 0 Å². The van der Waals surface area contributed by atoms with Crippen molar-refractivity contribution in [3.63, 3.8) is 0 Å². The first-order valence-corrected chi connectivity index (χ1v) is 10.9. The van der Waals surface area contributed by atoms with E-state index < -0.39 is 6.04 Å². The summed E-state index contributed by atoms with van der Waals surface area (Å²) in [6.07, 6.45) is -0.0196. The van der Waals surface area contributed by atoms with Gasteiger partial charge in [-0.1, -0.05) is 36.4 Å². The molecule has 2 fully saturated rings. The van der Waals surface area contributed by atoms with Crippen molar-refractivity contribution in [1.29, 1.82) is 0 Å². The minimum Gasteiger partial charge on any atom is -0.484 e. The molecule has 2 aromatic carbocycles. The van der Waals surface area contributed by atoms with Crippen molar-refractivity contribution in [2.75, 3.05) is 50.8 Å². The molecule has 168 valence electrons. The fourth-order valence-electron chi connectivity index (χ4n) is 4.11. The van der Waals surface area contributed by atoms with Crippen LogP contribution in [0, 0.1) is 0 Å². The van der Waals surface area contributed by atoms with E-state index in [1.165, 1.54) is 4.90 Å². The summed E-state index contributed by atoms with van der Waals surface area (Å²) in [4.78, 5) is 43.7. The number of ether oxygens (including phenoxy) is 1. The summed E-state index contributed by atoms with van der Waals surface area (Å²) >= 11 is 0. The zero-order valence-corrected chi connectivity index (χ0v) is 18.0. The van der Waals surface area contributed by atoms with Gasteiger partial charge in [0.1, 0.15) is 11.8 Å². The maximum atomic E-state index is 13.0. The van der Waals surface area contributed by atoms with Crippen LogP contribution >= 0.6 is 0 Å². The third kappa shape index (κ3) is 5.19. The van der Waals surface area contributed by atoms with Crippen molar-refractivity contribution >= 4 is 23.4 Å². The van der Waals surface area contributed by atoms with Gasteiger partial charge in [0.2, 0.25) is 11.8 Å². The van der Waals surface area contributed by atoms with Crippen LogP contribution in [-0.4, -0.2) is 79.4 Å². The van der Waals surface area contributed by atoms with Crippen LogP contribution < -0.4 is 15.0 Å². The normalized spacial score (nSPS) is 18.8. The Morgan fingerprint density at radius 2 is 1.53 bits per heavy atom. The highest BCUT2D eigenvalue weighted by atomic mass is 16.5. The molecule has 0 bridgehead atoms. The first-order valence-electron chi connectivity index (χ1n) is 10.9. The molecule has 2 saturated heterocycles. The predicted octanol–water partition coefficient (Wildman–Crippen LogP) is 1.13. The molecule has 8 nitrogen and oxygen atoms in total. The third-order valence-corrected chi connectivity index (χ3v) is 5.88. The number of anilines is 1. The van der Waals surface area contributed by atoms with Gasteiger partial charge in [-0.2, -0.15) is 0 Å². The molecule has 0 radical (unpaired) electrons. The predicted molar refractivity (Wildman–Crippen MR) is 120 cm³/mol. The lowest BCUT2D eigenvalue weighted by Gasteiger charge is -2.38. The highest BCUT2D eigenvalue weighted by Crippen LogP contribution is 2.18. The molecule has 3 amide bonds. The number of carbonyl (C=O) groups excluding carboxylic acids is 3. The Bertz CT molecular complexity index is 930. The van der Waals surface area contributed by atoms with Gasteiger partial charge in [-0.05, 0) is 24.3 Å². The molecule has 8 heteroatoms. The number of para-hydroxylation sites is 2. The average molecular weight is 437 g/mol. The zero-order valence-electron chi connectivity index (χ0n) is 18.0. The van der Waals surface area contributed by atoms with Gasteiger partial charge in [0.05, 0.1) is 6.42 Å². The van der Waals surface area contributed by atoms with Crippen LogP contribution in [0.1, 0.15) is 6.42 Å². The Balaban J connectivity index is 1.33. The first-order chi connectivity index (χ1) is 15.6. The van der Waals surface area contributed by atoms with Crippen LogP contribution in [0.15, 0.2) is 60.7 Å². The van der Waals surface area contributed by atoms with Crippen molar-refractivity contribution in [2.24, 2.45) is 0 Å². The van der Waals surface area contributed by atoms with Crippen LogP contribution in [0.3, 0.4) is 0 Å². The minimum atomic E-state index is -0.810. The quantitative estimate of drug-likeness (QED) is 0.734. The molecule has 0 spiro atoms. The Hall–Kier alpha value is -3.55. The smallest absolute Gasteiger partial charge is 0.261 e. The third-order valence-electron chi connectivity index (χ3n) is 5.88. The average Bonchev–Trinajstić information content (AvgIpc) is 2.85. The number of amides is 3. The Morgan fingerprint density at radius 3 is 2.22 bits per heavy atom. The van der Waals surface area contributed by atoms with Crippen molar-refractivity contribution in [3.05, 3.63) is 60.7 Å². The number of nitrogens with one attached hydrogen (secondary N) is 1. The highest BCUT2D eigenvalue weighted by molar-refractivity contribution is 5.93. The molecule has 0 saturated carbocycles. The fourth-order valence-corrected chi connectivity index (χ4v) is 4.11. The highest BCUT2D eigenvalue weighted by Gasteiger charge is 2.36. The van der Waals surface area contributed by atoms with Crippen LogP contribution in [-0.2, 0) is 14.4 Å². The number of hydrogen-bond acceptors (Lipinski definition) is 5. The van der Waals surface area contributed by atoms with Gasteiger partial charge in [-0.3, -0.25) is 14.4 Å². The van der Waals surface area contributed by atoms with E-state index in [0.717, 1.165) is 18.8 Å². The van der Waals surface area contributed by atoms with E-state index in [9.17, 15) is 14.4 Å².